The van der Waals surface area contributed by atoms with Crippen LogP contribution in [0.4, 0.5) is 0 Å². The van der Waals surface area contributed by atoms with Crippen LogP contribution in [0, 0.1) is 136 Å². The van der Waals surface area contributed by atoms with Crippen LogP contribution in [0.3, 0.4) is 0 Å². The summed E-state index contributed by atoms with van der Waals surface area (Å²) in [5, 5.41) is 20.4. The summed E-state index contributed by atoms with van der Waals surface area (Å²) in [6.45, 7) is 8.15. The van der Waals surface area contributed by atoms with E-state index in [1.54, 1.807) is 0 Å². The SMILES string of the molecule is C#CC#CC#CC#CC#CC#CC#CC#CC#C.Cc1nc(CCC(=O)N2CCC(=O)N(CC3CC3)C(C(C)C)C2)n[nH]1.NN=NN[N+](=O)[O-].[HH].[HH].[HH].[HH].[HH].[HH].[HH].[HH].[HH].[HH].[HH].[HH].[HH]. The third-order valence-electron chi connectivity index (χ3n) is 6.34. The van der Waals surface area contributed by atoms with Crippen molar-refractivity contribution in [2.75, 3.05) is 19.6 Å². The lowest BCUT2D eigenvalue weighted by Gasteiger charge is -2.34. The molecule has 1 unspecified atom stereocenters. The molecule has 1 atom stereocenters. The van der Waals surface area contributed by atoms with Gasteiger partial charge in [-0.1, -0.05) is 13.8 Å². The summed E-state index contributed by atoms with van der Waals surface area (Å²) in [5.41, 5.74) is 1.35. The van der Waals surface area contributed by atoms with Gasteiger partial charge in [0.25, 0.3) is 0 Å². The molecule has 1 aromatic rings. The molecule has 2 amide bonds. The highest BCUT2D eigenvalue weighted by Gasteiger charge is 2.36. The highest BCUT2D eigenvalue weighted by Crippen LogP contribution is 2.32. The van der Waals surface area contributed by atoms with Crippen molar-refractivity contribution >= 4 is 11.8 Å². The van der Waals surface area contributed by atoms with Gasteiger partial charge in [-0.2, -0.15) is 5.10 Å². The number of aryl methyl sites for hydroxylation is 2. The highest BCUT2D eigenvalue weighted by molar-refractivity contribution is 5.80. The van der Waals surface area contributed by atoms with Crippen LogP contribution in [0.15, 0.2) is 10.4 Å². The van der Waals surface area contributed by atoms with Crippen molar-refractivity contribution in [2.24, 2.45) is 28.1 Å². The Bertz CT molecular complexity index is 1890. The van der Waals surface area contributed by atoms with Gasteiger partial charge in [-0.15, -0.1) is 12.8 Å². The van der Waals surface area contributed by atoms with E-state index < -0.39 is 5.03 Å². The van der Waals surface area contributed by atoms with Gasteiger partial charge >= 0.3 is 0 Å². The topological polar surface area (TPSA) is 188 Å². The van der Waals surface area contributed by atoms with Crippen molar-refractivity contribution in [1.29, 1.82) is 0 Å². The average molecular weight is 697 g/mol. The lowest BCUT2D eigenvalue weighted by atomic mass is 10.0. The van der Waals surface area contributed by atoms with Crippen LogP contribution in [-0.2, 0) is 16.0 Å². The third kappa shape index (κ3) is 19.3. The third-order valence-corrected chi connectivity index (χ3v) is 6.34. The Balaban J connectivity index is -0.0000000543. The zero-order valence-electron chi connectivity index (χ0n) is 27.9. The second-order valence-electron chi connectivity index (χ2n) is 10.3. The largest absolute Gasteiger partial charge is 0.340 e. The maximum absolute atomic E-state index is 12.7. The summed E-state index contributed by atoms with van der Waals surface area (Å²) in [6, 6.07) is 0.116. The van der Waals surface area contributed by atoms with Crippen LogP contribution in [-0.4, -0.2) is 67.5 Å². The number of hydrogen-bond acceptors (Lipinski definition) is 8. The van der Waals surface area contributed by atoms with Crippen LogP contribution in [0.25, 0.3) is 0 Å². The molecule has 50 heavy (non-hydrogen) atoms. The number of terminal acetylenes is 2. The lowest BCUT2D eigenvalue weighted by Crippen LogP contribution is -2.48. The van der Waals surface area contributed by atoms with Gasteiger partial charge in [0.05, 0.1) is 16.3 Å². The van der Waals surface area contributed by atoms with E-state index in [0.29, 0.717) is 50.0 Å². The molecule has 0 bridgehead atoms. The molecule has 0 aromatic carbocycles. The number of hydrazine groups is 1. The van der Waals surface area contributed by atoms with Crippen LogP contribution in [0.5, 0.6) is 0 Å². The van der Waals surface area contributed by atoms with E-state index in [-0.39, 0.29) is 36.4 Å². The minimum Gasteiger partial charge on any atom is -0.340 e. The molecule has 0 spiro atoms. The lowest BCUT2D eigenvalue weighted by molar-refractivity contribution is -0.546. The summed E-state index contributed by atoms with van der Waals surface area (Å²) < 4.78 is 0. The van der Waals surface area contributed by atoms with Gasteiger partial charge in [-0.05, 0) is 126 Å². The van der Waals surface area contributed by atoms with Crippen molar-refractivity contribution in [3.8, 4) is 108 Å². The van der Waals surface area contributed by atoms with E-state index in [4.69, 9.17) is 12.8 Å². The number of hydrogen-bond donors (Lipinski definition) is 3. The zero-order chi connectivity index (χ0) is 37.0. The molecular weight excluding hydrogens is 636 g/mol. The van der Waals surface area contributed by atoms with Crippen LogP contribution < -0.4 is 11.4 Å². The number of aromatic nitrogens is 3. The molecule has 14 heteroatoms. The molecule has 1 aromatic heterocycles. The summed E-state index contributed by atoms with van der Waals surface area (Å²) in [7, 11) is 0. The number of rotatable bonds is 8. The van der Waals surface area contributed by atoms with Crippen molar-refractivity contribution in [3.63, 3.8) is 0 Å². The second kappa shape index (κ2) is 24.9. The van der Waals surface area contributed by atoms with Gasteiger partial charge in [0, 0.05) is 63.0 Å². The Morgan fingerprint density at radius 1 is 1.04 bits per heavy atom. The van der Waals surface area contributed by atoms with E-state index in [2.05, 4.69) is 140 Å². The molecule has 14 nitrogen and oxygen atoms in total. The van der Waals surface area contributed by atoms with E-state index in [0.717, 1.165) is 12.4 Å². The van der Waals surface area contributed by atoms with Gasteiger partial charge < -0.3 is 19.9 Å². The second-order valence-corrected chi connectivity index (χ2v) is 10.3. The molecule has 4 N–H and O–H groups in total. The summed E-state index contributed by atoms with van der Waals surface area (Å²) in [5.74, 6) is 45.3. The molecule has 1 saturated heterocycles. The van der Waals surface area contributed by atoms with Gasteiger partial charge in [-0.3, -0.25) is 20.5 Å². The number of H-pyrrole nitrogens is 1. The fourth-order valence-corrected chi connectivity index (χ4v) is 3.98. The van der Waals surface area contributed by atoms with Crippen molar-refractivity contribution < 1.29 is 33.2 Å². The number of carbonyl (C=O) groups excluding carboxylic acids is 2. The molecule has 0 radical (unpaired) electrons. The number of nitrogens with one attached hydrogen (secondary N) is 2. The molecule has 1 saturated carbocycles. The first-order valence-electron chi connectivity index (χ1n) is 15.0. The molecule has 278 valence electrons. The van der Waals surface area contributed by atoms with Crippen LogP contribution in [0.2, 0.25) is 0 Å². The first kappa shape index (κ1) is 40.7. The quantitative estimate of drug-likeness (QED) is 0.119. The van der Waals surface area contributed by atoms with Gasteiger partial charge in [0.2, 0.25) is 11.8 Å². The van der Waals surface area contributed by atoms with Crippen molar-refractivity contribution in [1.82, 2.24) is 30.5 Å². The zero-order valence-corrected chi connectivity index (χ0v) is 27.9. The van der Waals surface area contributed by atoms with E-state index in [1.165, 1.54) is 18.4 Å². The molecule has 2 fully saturated rings. The average Bonchev–Trinajstić information content (AvgIpc) is 3.85. The maximum atomic E-state index is 12.7. The van der Waals surface area contributed by atoms with Crippen molar-refractivity contribution in [2.45, 2.75) is 58.9 Å². The Kier molecular flexibility index (Phi) is 20.3. The number of nitro groups is 1. The molecule has 2 aliphatic rings. The van der Waals surface area contributed by atoms with Crippen LogP contribution >= 0.6 is 0 Å². The Morgan fingerprint density at radius 2 is 1.56 bits per heavy atom. The Hall–Kier alpha value is -7.28. The molecule has 1 aliphatic heterocycles. The minimum atomic E-state index is -0.879. The predicted molar refractivity (Wildman–Crippen MR) is 212 cm³/mol. The van der Waals surface area contributed by atoms with E-state index in [9.17, 15) is 19.7 Å². The summed E-state index contributed by atoms with van der Waals surface area (Å²) >= 11 is 0. The fourth-order valence-electron chi connectivity index (χ4n) is 3.98. The van der Waals surface area contributed by atoms with Crippen LogP contribution in [0.1, 0.15) is 69.7 Å². The smallest absolute Gasteiger partial charge is 0.224 e. The van der Waals surface area contributed by atoms with Gasteiger partial charge in [0.1, 0.15) is 5.82 Å². The minimum absolute atomic E-state index is 0. The van der Waals surface area contributed by atoms with E-state index >= 15 is 0 Å². The number of nitrogens with two attached hydrogens (primary N) is 1. The van der Waals surface area contributed by atoms with Crippen molar-refractivity contribution in [3.05, 3.63) is 21.8 Å². The van der Waals surface area contributed by atoms with Gasteiger partial charge in [0.15, 0.2) is 11.0 Å². The number of amides is 2. The summed E-state index contributed by atoms with van der Waals surface area (Å²) in [4.78, 5) is 42.7. The predicted octanol–water partition coefficient (Wildman–Crippen LogP) is 4.02. The Labute approximate surface area is 311 Å². The number of nitrogens with zero attached hydrogens (tertiary/aromatic N) is 7. The molecule has 1 aliphatic carbocycles. The van der Waals surface area contributed by atoms with Gasteiger partial charge in [-0.25, -0.2) is 4.98 Å². The summed E-state index contributed by atoms with van der Waals surface area (Å²) in [6.07, 6.45) is 13.6. The molecular formula is C36H60N10O4. The standard InChI is InChI=1S/C18H29N5O2.C18H2.H3N5O2.13H2/c1-12(2)15-11-22(9-8-18(25)23(15)10-14-4-5-14)17(24)7-6-16-19-13(3)20-21-16;1-3-5-7-9-11-13-15-17-18-16-14-12-10-8-6-4-2;1-2-3-4-5(6)7;;;;;;;;;;;;;/h12,14-15H,4-11H2,1-3H3,(H,19,20,21);1-2H;(H2,1,3)(H,2,4);13*1H. The normalized spacial score (nSPS) is 13.5. The fraction of sp³-hybridized carbons (Fsp3) is 0.389. The van der Waals surface area contributed by atoms with E-state index in [1.807, 2.05) is 16.7 Å². The Morgan fingerprint density at radius 3 is 1.94 bits per heavy atom. The maximum Gasteiger partial charge on any atom is 0.224 e. The number of carbonyl (C=O) groups is 2. The molecule has 2 heterocycles. The first-order valence-corrected chi connectivity index (χ1v) is 15.0. The molecule has 3 rings (SSSR count). The highest BCUT2D eigenvalue weighted by atomic mass is 16.7. The first-order chi connectivity index (χ1) is 24.1. The number of aromatic amines is 1. The monoisotopic (exact) mass is 696 g/mol.